The van der Waals surface area contributed by atoms with Gasteiger partial charge in [-0.15, -0.1) is 11.3 Å². The Kier molecular flexibility index (Phi) is 6.58. The zero-order valence-electron chi connectivity index (χ0n) is 15.8. The van der Waals surface area contributed by atoms with Crippen LogP contribution < -0.4 is 10.6 Å². The van der Waals surface area contributed by atoms with Gasteiger partial charge in [-0.1, -0.05) is 29.8 Å². The summed E-state index contributed by atoms with van der Waals surface area (Å²) in [5, 5.41) is 12.0. The highest BCUT2D eigenvalue weighted by molar-refractivity contribution is 9.10. The Hall–Kier alpha value is -2.23. The smallest absolute Gasteiger partial charge is 0.319 e. The fraction of sp³-hybridized carbons (Fsp3) is 0.350. The van der Waals surface area contributed by atoms with E-state index in [1.807, 2.05) is 41.8 Å². The van der Waals surface area contributed by atoms with Crippen LogP contribution in [0.4, 0.5) is 10.5 Å². The average molecular weight is 476 g/mol. The van der Waals surface area contributed by atoms with Gasteiger partial charge < -0.3 is 15.2 Å². The summed E-state index contributed by atoms with van der Waals surface area (Å²) >= 11 is 5.02. The largest absolute Gasteiger partial charge is 0.338 e. The first-order valence-corrected chi connectivity index (χ1v) is 11.3. The number of hydrogen-bond acceptors (Lipinski definition) is 6. The number of aromatic nitrogens is 2. The number of carbonyl (C=O) groups is 1. The zero-order valence-corrected chi connectivity index (χ0v) is 18.2. The lowest BCUT2D eigenvalue weighted by atomic mass is 10.0. The minimum Gasteiger partial charge on any atom is -0.338 e. The van der Waals surface area contributed by atoms with E-state index >= 15 is 0 Å². The molecule has 0 bridgehead atoms. The summed E-state index contributed by atoms with van der Waals surface area (Å²) in [6.07, 6.45) is 3.32. The third-order valence-corrected chi connectivity index (χ3v) is 6.56. The van der Waals surface area contributed by atoms with Gasteiger partial charge in [-0.25, -0.2) is 4.79 Å². The fourth-order valence-electron chi connectivity index (χ4n) is 3.43. The summed E-state index contributed by atoms with van der Waals surface area (Å²) in [6, 6.07) is 11.5. The van der Waals surface area contributed by atoms with Crippen LogP contribution in [0.3, 0.4) is 0 Å². The first-order chi connectivity index (χ1) is 14.2. The molecule has 1 aromatic carbocycles. The number of thiophene rings is 1. The molecule has 1 fully saturated rings. The molecule has 1 aliphatic heterocycles. The molecule has 3 aromatic rings. The molecule has 1 atom stereocenters. The predicted molar refractivity (Wildman–Crippen MR) is 117 cm³/mol. The number of nitrogens with one attached hydrogen (secondary N) is 2. The molecule has 0 radical (unpaired) electrons. The van der Waals surface area contributed by atoms with Gasteiger partial charge >= 0.3 is 6.03 Å². The molecule has 0 spiro atoms. The molecule has 9 heteroatoms. The number of benzene rings is 1. The molecular formula is C20H22BrN5O2S. The number of para-hydroxylation sites is 1. The highest BCUT2D eigenvalue weighted by atomic mass is 79.9. The second-order valence-corrected chi connectivity index (χ2v) is 8.79. The van der Waals surface area contributed by atoms with Crippen LogP contribution in [0.1, 0.15) is 25.2 Å². The highest BCUT2D eigenvalue weighted by Gasteiger charge is 2.25. The minimum absolute atomic E-state index is 0.190. The number of amides is 2. The lowest BCUT2D eigenvalue weighted by molar-refractivity contribution is 0.123. The number of nitrogens with zero attached hydrogens (tertiary/aromatic N) is 3. The Labute approximate surface area is 181 Å². The van der Waals surface area contributed by atoms with E-state index in [1.165, 1.54) is 0 Å². The Morgan fingerprint density at radius 2 is 2.17 bits per heavy atom. The van der Waals surface area contributed by atoms with Crippen molar-refractivity contribution in [2.24, 2.45) is 0 Å². The molecule has 7 nitrogen and oxygen atoms in total. The number of halogens is 1. The minimum atomic E-state index is -0.190. The molecular weight excluding hydrogens is 454 g/mol. The monoisotopic (exact) mass is 475 g/mol. The van der Waals surface area contributed by atoms with Gasteiger partial charge in [0.15, 0.2) is 0 Å². The second kappa shape index (κ2) is 9.51. The molecule has 3 heterocycles. The molecule has 2 N–H and O–H groups in total. The maximum Gasteiger partial charge on any atom is 0.319 e. The van der Waals surface area contributed by atoms with Crippen LogP contribution in [0, 0.1) is 0 Å². The van der Waals surface area contributed by atoms with Gasteiger partial charge in [-0.3, -0.25) is 4.90 Å². The van der Waals surface area contributed by atoms with E-state index in [0.29, 0.717) is 24.8 Å². The van der Waals surface area contributed by atoms with Gasteiger partial charge in [-0.2, -0.15) is 4.98 Å². The molecule has 1 unspecified atom stereocenters. The van der Waals surface area contributed by atoms with Crippen molar-refractivity contribution in [3.8, 4) is 10.7 Å². The van der Waals surface area contributed by atoms with Gasteiger partial charge in [0.25, 0.3) is 0 Å². The maximum atomic E-state index is 12.2. The first kappa shape index (κ1) is 20.1. The lowest BCUT2D eigenvalue weighted by Gasteiger charge is -2.34. The Morgan fingerprint density at radius 3 is 2.97 bits per heavy atom. The van der Waals surface area contributed by atoms with E-state index in [9.17, 15) is 4.79 Å². The van der Waals surface area contributed by atoms with Crippen LogP contribution in [0.5, 0.6) is 0 Å². The van der Waals surface area contributed by atoms with Crippen molar-refractivity contribution >= 4 is 39.0 Å². The molecule has 152 valence electrons. The molecule has 0 aliphatic carbocycles. The van der Waals surface area contributed by atoms with Crippen molar-refractivity contribution in [1.29, 1.82) is 0 Å². The van der Waals surface area contributed by atoms with Crippen LogP contribution in [-0.2, 0) is 6.54 Å². The molecule has 2 aromatic heterocycles. The van der Waals surface area contributed by atoms with Crippen LogP contribution in [-0.4, -0.2) is 40.2 Å². The van der Waals surface area contributed by atoms with Crippen molar-refractivity contribution in [3.63, 3.8) is 0 Å². The van der Waals surface area contributed by atoms with Crippen molar-refractivity contribution in [3.05, 3.63) is 52.1 Å². The summed E-state index contributed by atoms with van der Waals surface area (Å²) in [5.74, 6) is 1.22. The zero-order chi connectivity index (χ0) is 20.1. The number of hydrogen-bond donors (Lipinski definition) is 2. The van der Waals surface area contributed by atoms with Crippen molar-refractivity contribution in [2.75, 3.05) is 18.4 Å². The molecule has 1 aliphatic rings. The van der Waals surface area contributed by atoms with Crippen LogP contribution in [0.25, 0.3) is 10.7 Å². The van der Waals surface area contributed by atoms with Crippen molar-refractivity contribution in [1.82, 2.24) is 20.4 Å². The van der Waals surface area contributed by atoms with E-state index in [2.05, 4.69) is 41.6 Å². The standard InChI is InChI=1S/C20H22BrN5O2S/c21-14-10-17(29-13-14)19-24-18(28-25-19)12-26-9-5-4-8-16(26)11-22-20(27)23-15-6-2-1-3-7-15/h1-3,6-7,10,13,16H,4-5,8-9,11-12H2,(H2,22,23,27). The van der Waals surface area contributed by atoms with Crippen molar-refractivity contribution in [2.45, 2.75) is 31.8 Å². The summed E-state index contributed by atoms with van der Waals surface area (Å²) in [5.41, 5.74) is 0.782. The van der Waals surface area contributed by atoms with Crippen LogP contribution in [0.2, 0.25) is 0 Å². The SMILES string of the molecule is O=C(NCC1CCCCN1Cc1nc(-c2cc(Br)cs2)no1)Nc1ccccc1. The fourth-order valence-corrected chi connectivity index (χ4v) is 4.78. The Balaban J connectivity index is 1.33. The molecule has 2 amide bonds. The quantitative estimate of drug-likeness (QED) is 0.537. The lowest BCUT2D eigenvalue weighted by Crippen LogP contribution is -2.47. The maximum absolute atomic E-state index is 12.2. The highest BCUT2D eigenvalue weighted by Crippen LogP contribution is 2.28. The molecule has 0 saturated carbocycles. The van der Waals surface area contributed by atoms with E-state index in [4.69, 9.17) is 4.52 Å². The van der Waals surface area contributed by atoms with Gasteiger partial charge in [0, 0.05) is 28.1 Å². The summed E-state index contributed by atoms with van der Waals surface area (Å²) in [6.45, 7) is 2.12. The molecule has 1 saturated heterocycles. The van der Waals surface area contributed by atoms with E-state index < -0.39 is 0 Å². The third kappa shape index (κ3) is 5.43. The van der Waals surface area contributed by atoms with Crippen LogP contribution >= 0.6 is 27.3 Å². The summed E-state index contributed by atoms with van der Waals surface area (Å²) < 4.78 is 6.49. The van der Waals surface area contributed by atoms with Gasteiger partial charge in [0.1, 0.15) is 0 Å². The predicted octanol–water partition coefficient (Wildman–Crippen LogP) is 4.74. The average Bonchev–Trinajstić information content (AvgIpc) is 3.37. The molecule has 4 rings (SSSR count). The Bertz CT molecular complexity index is 945. The number of carbonyl (C=O) groups excluding carboxylic acids is 1. The first-order valence-electron chi connectivity index (χ1n) is 9.58. The molecule has 29 heavy (non-hydrogen) atoms. The number of urea groups is 1. The topological polar surface area (TPSA) is 83.3 Å². The Morgan fingerprint density at radius 1 is 1.31 bits per heavy atom. The van der Waals surface area contributed by atoms with Crippen molar-refractivity contribution < 1.29 is 9.32 Å². The number of likely N-dealkylation sites (tertiary alicyclic amines) is 1. The normalized spacial score (nSPS) is 17.2. The number of anilines is 1. The van der Waals surface area contributed by atoms with Gasteiger partial charge in [-0.05, 0) is 53.5 Å². The number of piperidine rings is 1. The third-order valence-electron chi connectivity index (χ3n) is 4.87. The van der Waals surface area contributed by atoms with E-state index in [1.54, 1.807) is 11.3 Å². The van der Waals surface area contributed by atoms with Crippen LogP contribution in [0.15, 0.2) is 50.8 Å². The number of rotatable bonds is 6. The van der Waals surface area contributed by atoms with Gasteiger partial charge in [0.05, 0.1) is 11.4 Å². The summed E-state index contributed by atoms with van der Waals surface area (Å²) in [4.78, 5) is 20.0. The second-order valence-electron chi connectivity index (χ2n) is 6.96. The van der Waals surface area contributed by atoms with Gasteiger partial charge in [0.2, 0.25) is 11.7 Å². The van der Waals surface area contributed by atoms with E-state index in [-0.39, 0.29) is 12.1 Å². The van der Waals surface area contributed by atoms with E-state index in [0.717, 1.165) is 40.8 Å². The summed E-state index contributed by atoms with van der Waals surface area (Å²) in [7, 11) is 0.